The third-order valence-corrected chi connectivity index (χ3v) is 5.13. The van der Waals surface area contributed by atoms with Crippen LogP contribution in [-0.2, 0) is 6.54 Å². The van der Waals surface area contributed by atoms with Crippen LogP contribution in [0.2, 0.25) is 0 Å². The highest BCUT2D eigenvalue weighted by Crippen LogP contribution is 2.38. The number of rotatable bonds is 4. The minimum Gasteiger partial charge on any atom is -0.368 e. The van der Waals surface area contributed by atoms with E-state index in [9.17, 15) is 0 Å². The van der Waals surface area contributed by atoms with Crippen molar-refractivity contribution in [1.82, 2.24) is 10.3 Å². The van der Waals surface area contributed by atoms with E-state index in [2.05, 4.69) is 41.3 Å². The van der Waals surface area contributed by atoms with Gasteiger partial charge >= 0.3 is 0 Å². The second-order valence-corrected chi connectivity index (χ2v) is 6.99. The molecule has 1 saturated carbocycles. The molecule has 2 aliphatic rings. The molecule has 1 aromatic heterocycles. The molecule has 0 spiro atoms. The molecule has 3 heteroatoms. The van der Waals surface area contributed by atoms with Crippen molar-refractivity contribution in [1.29, 1.82) is 0 Å². The molecule has 1 aromatic rings. The summed E-state index contributed by atoms with van der Waals surface area (Å²) in [6.07, 6.45) is 12.5. The van der Waals surface area contributed by atoms with E-state index in [0.29, 0.717) is 6.04 Å². The lowest BCUT2D eigenvalue weighted by Crippen LogP contribution is -2.47. The molecule has 0 aromatic carbocycles. The van der Waals surface area contributed by atoms with Gasteiger partial charge in [-0.2, -0.15) is 0 Å². The zero-order chi connectivity index (χ0) is 14.7. The molecule has 0 radical (unpaired) electrons. The van der Waals surface area contributed by atoms with Crippen molar-refractivity contribution in [3.8, 4) is 0 Å². The van der Waals surface area contributed by atoms with Crippen LogP contribution in [0.15, 0.2) is 18.5 Å². The Morgan fingerprint density at radius 3 is 2.90 bits per heavy atom. The van der Waals surface area contributed by atoms with E-state index in [4.69, 9.17) is 0 Å². The number of anilines is 1. The average molecular weight is 287 g/mol. The fourth-order valence-corrected chi connectivity index (χ4v) is 4.07. The molecular formula is C18H29N3. The summed E-state index contributed by atoms with van der Waals surface area (Å²) in [5.74, 6) is 0.923. The summed E-state index contributed by atoms with van der Waals surface area (Å²) >= 11 is 0. The van der Waals surface area contributed by atoms with E-state index >= 15 is 0 Å². The molecule has 2 heterocycles. The number of hydrogen-bond donors (Lipinski definition) is 1. The number of fused-ring (bicyclic) bond motifs is 1. The Balaban J connectivity index is 1.81. The third-order valence-electron chi connectivity index (χ3n) is 5.13. The summed E-state index contributed by atoms with van der Waals surface area (Å²) in [7, 11) is 0. The van der Waals surface area contributed by atoms with Crippen molar-refractivity contribution < 1.29 is 0 Å². The van der Waals surface area contributed by atoms with Crippen LogP contribution >= 0.6 is 0 Å². The Labute approximate surface area is 129 Å². The Morgan fingerprint density at radius 1 is 1.24 bits per heavy atom. The Hall–Kier alpha value is -1.09. The minimum atomic E-state index is 0.516. The monoisotopic (exact) mass is 287 g/mol. The van der Waals surface area contributed by atoms with Gasteiger partial charge in [-0.25, -0.2) is 0 Å². The number of hydrogen-bond acceptors (Lipinski definition) is 3. The van der Waals surface area contributed by atoms with E-state index in [1.165, 1.54) is 56.3 Å². The largest absolute Gasteiger partial charge is 0.368 e. The molecule has 116 valence electrons. The molecule has 3 rings (SSSR count). The summed E-state index contributed by atoms with van der Waals surface area (Å²) in [5.41, 5.74) is 2.78. The number of nitrogens with zero attached hydrogens (tertiary/aromatic N) is 2. The molecule has 1 saturated heterocycles. The first kappa shape index (κ1) is 14.8. The lowest BCUT2D eigenvalue weighted by atomic mass is 9.78. The zero-order valence-corrected chi connectivity index (χ0v) is 13.5. The molecule has 1 N–H and O–H groups in total. The van der Waals surface area contributed by atoms with Crippen LogP contribution in [0.25, 0.3) is 0 Å². The fraction of sp³-hybridized carbons (Fsp3) is 0.722. The zero-order valence-electron chi connectivity index (χ0n) is 13.5. The molecule has 1 aliphatic carbocycles. The average Bonchev–Trinajstić information content (AvgIpc) is 2.53. The Bertz CT molecular complexity index is 456. The van der Waals surface area contributed by atoms with Crippen molar-refractivity contribution in [3.05, 3.63) is 24.0 Å². The van der Waals surface area contributed by atoms with Crippen molar-refractivity contribution in [2.24, 2.45) is 5.92 Å². The van der Waals surface area contributed by atoms with E-state index in [1.54, 1.807) is 0 Å². The normalized spacial score (nSPS) is 26.0. The van der Waals surface area contributed by atoms with Gasteiger partial charge < -0.3 is 10.2 Å². The number of nitrogens with one attached hydrogen (secondary N) is 1. The number of piperidine rings is 1. The standard InChI is InChI=1S/C18H29N3/c1-14(2)20-13-16-12-19-10-9-18(16)21-11-5-7-15-6-3-4-8-17(15)21/h9-10,12,14-15,17,20H,3-8,11,13H2,1-2H3. The van der Waals surface area contributed by atoms with Crippen molar-refractivity contribution in [2.75, 3.05) is 11.4 Å². The second-order valence-electron chi connectivity index (χ2n) is 6.99. The van der Waals surface area contributed by atoms with Gasteiger partial charge in [0.25, 0.3) is 0 Å². The first-order valence-electron chi connectivity index (χ1n) is 8.68. The lowest BCUT2D eigenvalue weighted by Gasteiger charge is -2.46. The molecule has 2 fully saturated rings. The fourth-order valence-electron chi connectivity index (χ4n) is 4.07. The van der Waals surface area contributed by atoms with Crippen molar-refractivity contribution >= 4 is 5.69 Å². The third kappa shape index (κ3) is 3.39. The SMILES string of the molecule is CC(C)NCc1cnccc1N1CCCC2CCCCC21. The second kappa shape index (κ2) is 6.78. The van der Waals surface area contributed by atoms with Gasteiger partial charge in [0.05, 0.1) is 0 Å². The van der Waals surface area contributed by atoms with Crippen molar-refractivity contribution in [2.45, 2.75) is 71.0 Å². The van der Waals surface area contributed by atoms with Gasteiger partial charge in [0.1, 0.15) is 0 Å². The van der Waals surface area contributed by atoms with E-state index in [0.717, 1.165) is 18.5 Å². The van der Waals surface area contributed by atoms with Gasteiger partial charge in [-0.15, -0.1) is 0 Å². The predicted octanol–water partition coefficient (Wildman–Crippen LogP) is 3.74. The molecule has 2 unspecified atom stereocenters. The van der Waals surface area contributed by atoms with Crippen LogP contribution in [0, 0.1) is 5.92 Å². The van der Waals surface area contributed by atoms with E-state index in [1.807, 2.05) is 6.20 Å². The quantitative estimate of drug-likeness (QED) is 0.914. The molecule has 0 bridgehead atoms. The van der Waals surface area contributed by atoms with Gasteiger partial charge in [-0.05, 0) is 37.7 Å². The smallest absolute Gasteiger partial charge is 0.0445 e. The molecule has 0 amide bonds. The summed E-state index contributed by atoms with van der Waals surface area (Å²) < 4.78 is 0. The summed E-state index contributed by atoms with van der Waals surface area (Å²) in [6.45, 7) is 6.55. The maximum Gasteiger partial charge on any atom is 0.0445 e. The minimum absolute atomic E-state index is 0.516. The van der Waals surface area contributed by atoms with Gasteiger partial charge in [0.15, 0.2) is 0 Å². The van der Waals surface area contributed by atoms with E-state index < -0.39 is 0 Å². The van der Waals surface area contributed by atoms with Crippen LogP contribution in [0.4, 0.5) is 5.69 Å². The van der Waals surface area contributed by atoms with Gasteiger partial charge in [-0.1, -0.05) is 26.7 Å². The highest BCUT2D eigenvalue weighted by Gasteiger charge is 2.33. The Morgan fingerprint density at radius 2 is 2.05 bits per heavy atom. The first-order valence-corrected chi connectivity index (χ1v) is 8.68. The first-order chi connectivity index (χ1) is 10.3. The highest BCUT2D eigenvalue weighted by molar-refractivity contribution is 5.53. The maximum absolute atomic E-state index is 4.36. The topological polar surface area (TPSA) is 28.2 Å². The van der Waals surface area contributed by atoms with Crippen LogP contribution in [0.3, 0.4) is 0 Å². The molecule has 1 aliphatic heterocycles. The summed E-state index contributed by atoms with van der Waals surface area (Å²) in [4.78, 5) is 7.06. The highest BCUT2D eigenvalue weighted by atomic mass is 15.2. The number of pyridine rings is 1. The number of aromatic nitrogens is 1. The summed E-state index contributed by atoms with van der Waals surface area (Å²) in [5, 5.41) is 3.55. The molecule has 21 heavy (non-hydrogen) atoms. The summed E-state index contributed by atoms with van der Waals surface area (Å²) in [6, 6.07) is 3.52. The van der Waals surface area contributed by atoms with Crippen LogP contribution in [0.5, 0.6) is 0 Å². The van der Waals surface area contributed by atoms with Gasteiger partial charge in [0.2, 0.25) is 0 Å². The van der Waals surface area contributed by atoms with Gasteiger partial charge in [-0.3, -0.25) is 4.98 Å². The van der Waals surface area contributed by atoms with Crippen LogP contribution in [0.1, 0.15) is 57.9 Å². The predicted molar refractivity (Wildman–Crippen MR) is 88.5 cm³/mol. The van der Waals surface area contributed by atoms with Gasteiger partial charge in [0, 0.05) is 48.8 Å². The maximum atomic E-state index is 4.36. The van der Waals surface area contributed by atoms with Crippen LogP contribution in [-0.4, -0.2) is 23.6 Å². The van der Waals surface area contributed by atoms with E-state index in [-0.39, 0.29) is 0 Å². The van der Waals surface area contributed by atoms with Crippen LogP contribution < -0.4 is 10.2 Å². The Kier molecular flexibility index (Phi) is 4.79. The molecule has 2 atom stereocenters. The lowest BCUT2D eigenvalue weighted by molar-refractivity contribution is 0.243. The molecular weight excluding hydrogens is 258 g/mol. The van der Waals surface area contributed by atoms with Crippen molar-refractivity contribution in [3.63, 3.8) is 0 Å². The molecule has 3 nitrogen and oxygen atoms in total.